The number of halogens is 1. The van der Waals surface area contributed by atoms with Crippen LogP contribution < -0.4 is 5.32 Å². The molecule has 0 unspecified atom stereocenters. The van der Waals surface area contributed by atoms with Crippen molar-refractivity contribution in [2.45, 2.75) is 6.92 Å². The summed E-state index contributed by atoms with van der Waals surface area (Å²) in [7, 11) is 0. The molecule has 5 nitrogen and oxygen atoms in total. The molecule has 1 aromatic carbocycles. The van der Waals surface area contributed by atoms with Crippen LogP contribution >= 0.6 is 0 Å². The Morgan fingerprint density at radius 2 is 1.95 bits per heavy atom. The van der Waals surface area contributed by atoms with Gasteiger partial charge in [0.2, 0.25) is 5.95 Å². The maximum atomic E-state index is 13.4. The molecule has 0 atom stereocenters. The van der Waals surface area contributed by atoms with Crippen molar-refractivity contribution in [2.75, 3.05) is 5.32 Å². The van der Waals surface area contributed by atoms with E-state index < -0.39 is 11.9 Å². The van der Waals surface area contributed by atoms with Gasteiger partial charge < -0.3 is 5.32 Å². The van der Waals surface area contributed by atoms with Crippen LogP contribution in [0.25, 0.3) is 11.1 Å². The second-order valence-electron chi connectivity index (χ2n) is 4.77. The average Bonchev–Trinajstić information content (AvgIpc) is 2.96. The van der Waals surface area contributed by atoms with Gasteiger partial charge in [-0.2, -0.15) is 9.49 Å². The number of aryl methyl sites for hydroxylation is 1. The lowest BCUT2D eigenvalue weighted by Gasteiger charge is -2.09. The first-order valence-corrected chi connectivity index (χ1v) is 6.67. The van der Waals surface area contributed by atoms with Crippen LogP contribution in [0.3, 0.4) is 0 Å². The molecule has 0 spiro atoms. The van der Waals surface area contributed by atoms with Gasteiger partial charge in [0.05, 0.1) is 17.6 Å². The van der Waals surface area contributed by atoms with Gasteiger partial charge in [0, 0.05) is 11.8 Å². The largest absolute Gasteiger partial charge is 0.320 e. The molecule has 0 aliphatic heterocycles. The Labute approximate surface area is 126 Å². The standard InChI is InChI=1S/C16H13FN4O/c1-10-14(20-16(22)13-9-19-21-15(13)17)7-12(8-18-10)11-5-3-2-4-6-11/h2-9H,1H3,(H,19,21)(H,20,22). The van der Waals surface area contributed by atoms with Crippen molar-refractivity contribution in [3.8, 4) is 11.1 Å². The maximum absolute atomic E-state index is 13.4. The van der Waals surface area contributed by atoms with E-state index in [0.29, 0.717) is 11.4 Å². The Bertz CT molecular complexity index is 814. The summed E-state index contributed by atoms with van der Waals surface area (Å²) >= 11 is 0. The van der Waals surface area contributed by atoms with Crippen LogP contribution in [0.2, 0.25) is 0 Å². The minimum Gasteiger partial charge on any atom is -0.320 e. The Morgan fingerprint density at radius 1 is 1.18 bits per heavy atom. The number of aromatic amines is 1. The summed E-state index contributed by atoms with van der Waals surface area (Å²) in [5.74, 6) is -1.33. The summed E-state index contributed by atoms with van der Waals surface area (Å²) < 4.78 is 13.4. The van der Waals surface area contributed by atoms with Gasteiger partial charge in [0.25, 0.3) is 5.91 Å². The van der Waals surface area contributed by atoms with E-state index >= 15 is 0 Å². The van der Waals surface area contributed by atoms with Crippen LogP contribution in [0.1, 0.15) is 16.1 Å². The highest BCUT2D eigenvalue weighted by molar-refractivity contribution is 6.04. The number of benzene rings is 1. The van der Waals surface area contributed by atoms with Gasteiger partial charge in [0.1, 0.15) is 5.56 Å². The molecule has 2 heterocycles. The van der Waals surface area contributed by atoms with Crippen LogP contribution in [-0.2, 0) is 0 Å². The molecular weight excluding hydrogens is 283 g/mol. The van der Waals surface area contributed by atoms with Crippen molar-refractivity contribution in [3.63, 3.8) is 0 Å². The quantitative estimate of drug-likeness (QED) is 0.780. The van der Waals surface area contributed by atoms with Crippen molar-refractivity contribution >= 4 is 11.6 Å². The van der Waals surface area contributed by atoms with Gasteiger partial charge in [-0.25, -0.2) is 0 Å². The van der Waals surface area contributed by atoms with Gasteiger partial charge in [-0.3, -0.25) is 14.9 Å². The molecule has 0 saturated heterocycles. The SMILES string of the molecule is Cc1ncc(-c2ccccc2)cc1NC(=O)c1cn[nH]c1F. The third kappa shape index (κ3) is 2.71. The predicted octanol–water partition coefficient (Wildman–Crippen LogP) is 3.17. The van der Waals surface area contributed by atoms with E-state index in [4.69, 9.17) is 0 Å². The summed E-state index contributed by atoms with van der Waals surface area (Å²) in [5, 5.41) is 8.25. The minimum atomic E-state index is -0.762. The van der Waals surface area contributed by atoms with E-state index in [2.05, 4.69) is 20.5 Å². The second-order valence-corrected chi connectivity index (χ2v) is 4.77. The third-order valence-corrected chi connectivity index (χ3v) is 3.28. The second kappa shape index (κ2) is 5.77. The molecule has 22 heavy (non-hydrogen) atoms. The topological polar surface area (TPSA) is 70.7 Å². The molecule has 3 rings (SSSR count). The van der Waals surface area contributed by atoms with Crippen molar-refractivity contribution in [1.82, 2.24) is 15.2 Å². The smallest absolute Gasteiger partial charge is 0.261 e. The van der Waals surface area contributed by atoms with Gasteiger partial charge >= 0.3 is 0 Å². The van der Waals surface area contributed by atoms with Crippen molar-refractivity contribution in [1.29, 1.82) is 0 Å². The molecule has 3 aromatic rings. The van der Waals surface area contributed by atoms with Crippen LogP contribution in [-0.4, -0.2) is 21.1 Å². The number of rotatable bonds is 3. The molecule has 0 saturated carbocycles. The fraction of sp³-hybridized carbons (Fsp3) is 0.0625. The number of anilines is 1. The van der Waals surface area contributed by atoms with E-state index in [1.165, 1.54) is 0 Å². The molecule has 2 N–H and O–H groups in total. The van der Waals surface area contributed by atoms with Crippen molar-refractivity contribution in [3.05, 3.63) is 66.0 Å². The highest BCUT2D eigenvalue weighted by atomic mass is 19.1. The Hall–Kier alpha value is -3.02. The lowest BCUT2D eigenvalue weighted by atomic mass is 10.1. The fourth-order valence-electron chi connectivity index (χ4n) is 2.07. The molecule has 0 aliphatic carbocycles. The fourth-order valence-corrected chi connectivity index (χ4v) is 2.07. The van der Waals surface area contributed by atoms with Crippen LogP contribution in [0.15, 0.2) is 48.8 Å². The predicted molar refractivity (Wildman–Crippen MR) is 80.9 cm³/mol. The Morgan fingerprint density at radius 3 is 2.64 bits per heavy atom. The number of amides is 1. The lowest BCUT2D eigenvalue weighted by Crippen LogP contribution is -2.14. The first-order chi connectivity index (χ1) is 10.6. The highest BCUT2D eigenvalue weighted by Crippen LogP contribution is 2.24. The van der Waals surface area contributed by atoms with E-state index in [9.17, 15) is 9.18 Å². The first kappa shape index (κ1) is 13.9. The lowest BCUT2D eigenvalue weighted by molar-refractivity contribution is 0.102. The maximum Gasteiger partial charge on any atom is 0.261 e. The number of carbonyl (C=O) groups excluding carboxylic acids is 1. The number of aromatic nitrogens is 3. The summed E-state index contributed by atoms with van der Waals surface area (Å²) in [6, 6.07) is 11.5. The molecule has 0 radical (unpaired) electrons. The van der Waals surface area contributed by atoms with Crippen molar-refractivity contribution < 1.29 is 9.18 Å². The van der Waals surface area contributed by atoms with Crippen LogP contribution in [0.5, 0.6) is 0 Å². The molecule has 110 valence electrons. The Kier molecular flexibility index (Phi) is 3.65. The first-order valence-electron chi connectivity index (χ1n) is 6.67. The molecule has 0 bridgehead atoms. The van der Waals surface area contributed by atoms with Gasteiger partial charge in [0.15, 0.2) is 0 Å². The van der Waals surface area contributed by atoms with E-state index in [1.807, 2.05) is 36.4 Å². The van der Waals surface area contributed by atoms with Crippen LogP contribution in [0, 0.1) is 12.9 Å². The molecule has 2 aromatic heterocycles. The molecule has 6 heteroatoms. The normalized spacial score (nSPS) is 10.5. The highest BCUT2D eigenvalue weighted by Gasteiger charge is 2.15. The van der Waals surface area contributed by atoms with E-state index in [1.54, 1.807) is 13.1 Å². The van der Waals surface area contributed by atoms with Crippen molar-refractivity contribution in [2.24, 2.45) is 0 Å². The number of nitrogens with one attached hydrogen (secondary N) is 2. The van der Waals surface area contributed by atoms with Gasteiger partial charge in [-0.1, -0.05) is 30.3 Å². The molecule has 1 amide bonds. The van der Waals surface area contributed by atoms with E-state index in [-0.39, 0.29) is 5.56 Å². The number of H-pyrrole nitrogens is 1. The average molecular weight is 296 g/mol. The van der Waals surface area contributed by atoms with Gasteiger partial charge in [-0.15, -0.1) is 0 Å². The number of pyridine rings is 1. The zero-order valence-corrected chi connectivity index (χ0v) is 11.8. The molecular formula is C16H13FN4O. The van der Waals surface area contributed by atoms with Crippen LogP contribution in [0.4, 0.5) is 10.1 Å². The zero-order valence-electron chi connectivity index (χ0n) is 11.8. The van der Waals surface area contributed by atoms with E-state index in [0.717, 1.165) is 17.3 Å². The third-order valence-electron chi connectivity index (χ3n) is 3.28. The number of hydrogen-bond donors (Lipinski definition) is 2. The monoisotopic (exact) mass is 296 g/mol. The minimum absolute atomic E-state index is 0.135. The molecule has 0 fully saturated rings. The summed E-state index contributed by atoms with van der Waals surface area (Å²) in [6.07, 6.45) is 2.88. The summed E-state index contributed by atoms with van der Waals surface area (Å²) in [4.78, 5) is 16.3. The summed E-state index contributed by atoms with van der Waals surface area (Å²) in [5.41, 5.74) is 2.91. The van der Waals surface area contributed by atoms with Gasteiger partial charge in [-0.05, 0) is 18.6 Å². The number of hydrogen-bond acceptors (Lipinski definition) is 3. The molecule has 0 aliphatic rings. The number of nitrogens with zero attached hydrogens (tertiary/aromatic N) is 2. The zero-order chi connectivity index (χ0) is 15.5. The number of carbonyl (C=O) groups is 1. The Balaban J connectivity index is 1.91. The summed E-state index contributed by atoms with van der Waals surface area (Å²) in [6.45, 7) is 1.77.